The standard InChI is InChI=1S/C10H18/c1-7(2)10(8(3)4)9(5)6/h9-10H,1,3H2,2,4-6H3. The third-order valence-corrected chi connectivity index (χ3v) is 1.73. The van der Waals surface area contributed by atoms with Crippen LogP contribution in [0.4, 0.5) is 0 Å². The Balaban J connectivity index is 4.27. The SMILES string of the molecule is C=C(C)C(C(=C)C)C(C)C. The fraction of sp³-hybridized carbons (Fsp3) is 0.600. The van der Waals surface area contributed by atoms with Gasteiger partial charge < -0.3 is 0 Å². The first kappa shape index (κ1) is 9.48. The van der Waals surface area contributed by atoms with E-state index in [2.05, 4.69) is 40.9 Å². The maximum absolute atomic E-state index is 3.94. The van der Waals surface area contributed by atoms with Gasteiger partial charge in [-0.25, -0.2) is 0 Å². The van der Waals surface area contributed by atoms with Gasteiger partial charge in [-0.05, 0) is 19.8 Å². The molecule has 0 aliphatic rings. The molecule has 0 N–H and O–H groups in total. The minimum absolute atomic E-state index is 0.500. The third-order valence-electron chi connectivity index (χ3n) is 1.73. The molecule has 58 valence electrons. The summed E-state index contributed by atoms with van der Waals surface area (Å²) in [4.78, 5) is 0. The highest BCUT2D eigenvalue weighted by Crippen LogP contribution is 2.24. The number of rotatable bonds is 3. The first-order valence-corrected chi connectivity index (χ1v) is 3.77. The van der Waals surface area contributed by atoms with Gasteiger partial charge in [0.05, 0.1) is 0 Å². The molecule has 10 heavy (non-hydrogen) atoms. The molecule has 0 radical (unpaired) electrons. The molecule has 0 heterocycles. The van der Waals surface area contributed by atoms with Gasteiger partial charge in [-0.1, -0.05) is 38.2 Å². The van der Waals surface area contributed by atoms with Gasteiger partial charge in [0.1, 0.15) is 0 Å². The van der Waals surface area contributed by atoms with Crippen molar-refractivity contribution in [3.05, 3.63) is 24.3 Å². The van der Waals surface area contributed by atoms with Crippen molar-refractivity contribution in [2.75, 3.05) is 0 Å². The van der Waals surface area contributed by atoms with Gasteiger partial charge in [0.15, 0.2) is 0 Å². The van der Waals surface area contributed by atoms with Crippen LogP contribution in [0.5, 0.6) is 0 Å². The van der Waals surface area contributed by atoms with Crippen LogP contribution in [0, 0.1) is 11.8 Å². The van der Waals surface area contributed by atoms with Crippen LogP contribution in [-0.2, 0) is 0 Å². The molecule has 0 unspecified atom stereocenters. The number of hydrogen-bond acceptors (Lipinski definition) is 0. The molecular formula is C10H18. The average molecular weight is 138 g/mol. The number of hydrogen-bond donors (Lipinski definition) is 0. The zero-order chi connectivity index (χ0) is 8.31. The maximum atomic E-state index is 3.94. The normalized spacial score (nSPS) is 10.6. The lowest BCUT2D eigenvalue weighted by atomic mass is 9.85. The van der Waals surface area contributed by atoms with Crippen LogP contribution in [0.2, 0.25) is 0 Å². The van der Waals surface area contributed by atoms with E-state index in [1.807, 2.05) is 0 Å². The highest BCUT2D eigenvalue weighted by molar-refractivity contribution is 5.13. The Hall–Kier alpha value is -0.520. The Morgan fingerprint density at radius 3 is 1.30 bits per heavy atom. The Morgan fingerprint density at radius 2 is 1.30 bits per heavy atom. The first-order valence-electron chi connectivity index (χ1n) is 3.77. The summed E-state index contributed by atoms with van der Waals surface area (Å²) in [7, 11) is 0. The summed E-state index contributed by atoms with van der Waals surface area (Å²) in [5.74, 6) is 1.13. The van der Waals surface area contributed by atoms with E-state index in [1.165, 1.54) is 11.1 Å². The fourth-order valence-corrected chi connectivity index (χ4v) is 1.56. The molecule has 0 aromatic carbocycles. The van der Waals surface area contributed by atoms with E-state index in [4.69, 9.17) is 0 Å². The Kier molecular flexibility index (Phi) is 3.41. The molecule has 0 spiro atoms. The van der Waals surface area contributed by atoms with Crippen LogP contribution in [0.1, 0.15) is 27.7 Å². The Bertz CT molecular complexity index is 126. The minimum Gasteiger partial charge on any atom is -0.0995 e. The quantitative estimate of drug-likeness (QED) is 0.524. The molecular weight excluding hydrogens is 120 g/mol. The van der Waals surface area contributed by atoms with Gasteiger partial charge >= 0.3 is 0 Å². The van der Waals surface area contributed by atoms with Gasteiger partial charge in [-0.15, -0.1) is 0 Å². The second-order valence-corrected chi connectivity index (χ2v) is 3.41. The summed E-state index contributed by atoms with van der Waals surface area (Å²) in [5.41, 5.74) is 2.45. The molecule has 0 aliphatic heterocycles. The van der Waals surface area contributed by atoms with E-state index in [0.717, 1.165) is 0 Å². The summed E-state index contributed by atoms with van der Waals surface area (Å²) in [6.07, 6.45) is 0. The zero-order valence-electron chi connectivity index (χ0n) is 7.57. The molecule has 0 aromatic heterocycles. The Morgan fingerprint density at radius 1 is 1.00 bits per heavy atom. The van der Waals surface area contributed by atoms with Crippen molar-refractivity contribution in [2.45, 2.75) is 27.7 Å². The van der Waals surface area contributed by atoms with Crippen molar-refractivity contribution in [2.24, 2.45) is 11.8 Å². The predicted octanol–water partition coefficient (Wildman–Crippen LogP) is 3.41. The van der Waals surface area contributed by atoms with Gasteiger partial charge in [0.25, 0.3) is 0 Å². The molecule has 0 nitrogen and oxygen atoms in total. The lowest BCUT2D eigenvalue weighted by molar-refractivity contribution is 0.505. The molecule has 0 aliphatic carbocycles. The summed E-state index contributed by atoms with van der Waals surface area (Å²) >= 11 is 0. The molecule has 0 saturated heterocycles. The minimum atomic E-state index is 0.500. The van der Waals surface area contributed by atoms with Crippen molar-refractivity contribution in [1.82, 2.24) is 0 Å². The molecule has 0 heteroatoms. The van der Waals surface area contributed by atoms with Crippen LogP contribution in [0.3, 0.4) is 0 Å². The van der Waals surface area contributed by atoms with Crippen molar-refractivity contribution < 1.29 is 0 Å². The summed E-state index contributed by atoms with van der Waals surface area (Å²) in [6.45, 7) is 16.4. The fourth-order valence-electron chi connectivity index (χ4n) is 1.56. The van der Waals surface area contributed by atoms with Crippen LogP contribution in [-0.4, -0.2) is 0 Å². The highest BCUT2D eigenvalue weighted by atomic mass is 14.2. The van der Waals surface area contributed by atoms with E-state index in [-0.39, 0.29) is 0 Å². The molecule has 0 atom stereocenters. The molecule has 0 saturated carbocycles. The Labute approximate surface area is 64.6 Å². The second kappa shape index (κ2) is 3.60. The molecule has 0 amide bonds. The van der Waals surface area contributed by atoms with Crippen LogP contribution < -0.4 is 0 Å². The summed E-state index contributed by atoms with van der Waals surface area (Å²) < 4.78 is 0. The molecule has 0 rings (SSSR count). The maximum Gasteiger partial charge on any atom is 0.00190 e. The number of allylic oxidation sites excluding steroid dienone is 2. The highest BCUT2D eigenvalue weighted by Gasteiger charge is 2.13. The largest absolute Gasteiger partial charge is 0.0995 e. The van der Waals surface area contributed by atoms with E-state index in [1.54, 1.807) is 0 Å². The lowest BCUT2D eigenvalue weighted by Gasteiger charge is -2.20. The van der Waals surface area contributed by atoms with E-state index in [9.17, 15) is 0 Å². The lowest BCUT2D eigenvalue weighted by Crippen LogP contribution is -2.09. The summed E-state index contributed by atoms with van der Waals surface area (Å²) in [6, 6.07) is 0. The van der Waals surface area contributed by atoms with Crippen LogP contribution in [0.25, 0.3) is 0 Å². The van der Waals surface area contributed by atoms with Gasteiger partial charge in [-0.3, -0.25) is 0 Å². The molecule has 0 bridgehead atoms. The second-order valence-electron chi connectivity index (χ2n) is 3.41. The zero-order valence-corrected chi connectivity index (χ0v) is 7.57. The summed E-state index contributed by atoms with van der Waals surface area (Å²) in [5, 5.41) is 0. The predicted molar refractivity (Wildman–Crippen MR) is 48.0 cm³/mol. The topological polar surface area (TPSA) is 0 Å². The van der Waals surface area contributed by atoms with Gasteiger partial charge in [-0.2, -0.15) is 0 Å². The van der Waals surface area contributed by atoms with Crippen molar-refractivity contribution >= 4 is 0 Å². The average Bonchev–Trinajstić information content (AvgIpc) is 1.59. The van der Waals surface area contributed by atoms with Crippen LogP contribution >= 0.6 is 0 Å². The van der Waals surface area contributed by atoms with Gasteiger partial charge in [0.2, 0.25) is 0 Å². The smallest absolute Gasteiger partial charge is 0.00190 e. The van der Waals surface area contributed by atoms with E-state index in [0.29, 0.717) is 11.8 Å². The van der Waals surface area contributed by atoms with Crippen molar-refractivity contribution in [3.8, 4) is 0 Å². The molecule has 0 aromatic rings. The van der Waals surface area contributed by atoms with Gasteiger partial charge in [0, 0.05) is 5.92 Å². The van der Waals surface area contributed by atoms with Crippen LogP contribution in [0.15, 0.2) is 24.3 Å². The van der Waals surface area contributed by atoms with E-state index >= 15 is 0 Å². The van der Waals surface area contributed by atoms with Crippen molar-refractivity contribution in [1.29, 1.82) is 0 Å². The monoisotopic (exact) mass is 138 g/mol. The first-order chi connectivity index (χ1) is 4.46. The van der Waals surface area contributed by atoms with Crippen molar-refractivity contribution in [3.63, 3.8) is 0 Å². The van der Waals surface area contributed by atoms with E-state index < -0.39 is 0 Å². The third kappa shape index (κ3) is 2.38. The molecule has 0 fully saturated rings.